The molecule has 0 N–H and O–H groups in total. The Labute approximate surface area is 349 Å². The Balaban J connectivity index is 1.75. The van der Waals surface area contributed by atoms with Gasteiger partial charge in [0.25, 0.3) is 0 Å². The molecule has 4 aromatic rings. The number of allylic oxidation sites excluding steroid dienone is 2. The molecule has 4 aromatic carbocycles. The van der Waals surface area contributed by atoms with Gasteiger partial charge in [0.15, 0.2) is 11.6 Å². The van der Waals surface area contributed by atoms with Crippen LogP contribution in [0.3, 0.4) is 0 Å². The van der Waals surface area contributed by atoms with Crippen molar-refractivity contribution in [3.8, 4) is 23.0 Å². The molecule has 0 atom stereocenters. The maximum atomic E-state index is 14.9. The van der Waals surface area contributed by atoms with Gasteiger partial charge in [0.05, 0.1) is 26.4 Å². The summed E-state index contributed by atoms with van der Waals surface area (Å²) in [5, 5.41) is 0. The van der Waals surface area contributed by atoms with Crippen LogP contribution in [0, 0.1) is 0 Å². The summed E-state index contributed by atoms with van der Waals surface area (Å²) < 4.78 is 24.2. The van der Waals surface area contributed by atoms with Crippen molar-refractivity contribution in [1.82, 2.24) is 0 Å². The molecular formula is C52H68O6. The number of hydrogen-bond donors (Lipinski definition) is 0. The van der Waals surface area contributed by atoms with Crippen molar-refractivity contribution in [2.45, 2.75) is 130 Å². The van der Waals surface area contributed by atoms with E-state index in [9.17, 15) is 9.59 Å². The van der Waals surface area contributed by atoms with Gasteiger partial charge in [-0.25, -0.2) is 0 Å². The first-order valence-corrected chi connectivity index (χ1v) is 22.2. The highest BCUT2D eigenvalue weighted by Crippen LogP contribution is 2.35. The van der Waals surface area contributed by atoms with Gasteiger partial charge in [-0.3, -0.25) is 9.59 Å². The van der Waals surface area contributed by atoms with Crippen molar-refractivity contribution in [2.75, 3.05) is 26.4 Å². The third kappa shape index (κ3) is 15.5. The van der Waals surface area contributed by atoms with Crippen LogP contribution in [0.1, 0.15) is 162 Å². The van der Waals surface area contributed by atoms with E-state index < -0.39 is 0 Å². The highest BCUT2D eigenvalue weighted by Gasteiger charge is 2.26. The summed E-state index contributed by atoms with van der Waals surface area (Å²) in [7, 11) is 0. The molecule has 0 aliphatic heterocycles. The van der Waals surface area contributed by atoms with Crippen LogP contribution in [-0.4, -0.2) is 38.0 Å². The van der Waals surface area contributed by atoms with Gasteiger partial charge >= 0.3 is 0 Å². The second-order valence-corrected chi connectivity index (χ2v) is 15.1. The Kier molecular flexibility index (Phi) is 21.3. The molecule has 0 saturated heterocycles. The summed E-state index contributed by atoms with van der Waals surface area (Å²) in [5.74, 6) is 2.38. The van der Waals surface area contributed by atoms with Crippen LogP contribution in [0.25, 0.3) is 11.1 Å². The van der Waals surface area contributed by atoms with Crippen LogP contribution in [0.4, 0.5) is 0 Å². The molecule has 0 amide bonds. The van der Waals surface area contributed by atoms with Gasteiger partial charge in [-0.1, -0.05) is 129 Å². The van der Waals surface area contributed by atoms with E-state index in [0.29, 0.717) is 71.3 Å². The van der Waals surface area contributed by atoms with E-state index in [2.05, 4.69) is 27.7 Å². The lowest BCUT2D eigenvalue weighted by Gasteiger charge is -2.17. The Hall–Kier alpha value is -4.84. The monoisotopic (exact) mass is 789 g/mol. The molecule has 0 bridgehead atoms. The molecule has 0 fully saturated rings. The summed E-state index contributed by atoms with van der Waals surface area (Å²) >= 11 is 0. The number of hydrogen-bond acceptors (Lipinski definition) is 6. The van der Waals surface area contributed by atoms with Crippen molar-refractivity contribution < 1.29 is 28.5 Å². The predicted octanol–water partition coefficient (Wildman–Crippen LogP) is 14.2. The second-order valence-electron chi connectivity index (χ2n) is 15.1. The standard InChI is InChI=1S/C52H68O6/c1-5-9-13-17-37-55-45-29-21-41(22-30-45)49(51(53)43-25-33-47(34-26-43)57-39-19-15-11-7-3)50(42-23-31-46(32-24-42)56-38-18-14-10-6-2)52(54)44-27-35-48(36-28-44)58-40-20-16-12-8-4/h21-36H,5-20,37-40H2,1-4H3/b50-49-. The van der Waals surface area contributed by atoms with Crippen molar-refractivity contribution >= 4 is 22.7 Å². The molecule has 0 spiro atoms. The molecule has 58 heavy (non-hydrogen) atoms. The summed E-state index contributed by atoms with van der Waals surface area (Å²) in [4.78, 5) is 29.8. The Morgan fingerprint density at radius 3 is 0.759 bits per heavy atom. The molecular weight excluding hydrogens is 721 g/mol. The number of benzene rings is 4. The van der Waals surface area contributed by atoms with Gasteiger partial charge in [-0.05, 0) is 110 Å². The predicted molar refractivity (Wildman–Crippen MR) is 240 cm³/mol. The van der Waals surface area contributed by atoms with Crippen LogP contribution in [0.15, 0.2) is 97.1 Å². The fraction of sp³-hybridized carbons (Fsp3) is 0.462. The Morgan fingerprint density at radius 2 is 0.534 bits per heavy atom. The Bertz CT molecular complexity index is 1640. The topological polar surface area (TPSA) is 71.1 Å². The lowest BCUT2D eigenvalue weighted by atomic mass is 9.85. The van der Waals surface area contributed by atoms with Crippen molar-refractivity contribution in [3.63, 3.8) is 0 Å². The van der Waals surface area contributed by atoms with E-state index in [-0.39, 0.29) is 11.6 Å². The van der Waals surface area contributed by atoms with Gasteiger partial charge in [0.2, 0.25) is 0 Å². The van der Waals surface area contributed by atoms with E-state index in [1.54, 1.807) is 24.3 Å². The van der Waals surface area contributed by atoms with E-state index in [1.165, 1.54) is 51.4 Å². The minimum atomic E-state index is -0.255. The number of carbonyl (C=O) groups excluding carboxylic acids is 2. The first-order valence-electron chi connectivity index (χ1n) is 22.2. The fourth-order valence-electron chi connectivity index (χ4n) is 6.78. The zero-order valence-corrected chi connectivity index (χ0v) is 35.8. The number of ether oxygens (including phenoxy) is 4. The van der Waals surface area contributed by atoms with E-state index >= 15 is 0 Å². The highest BCUT2D eigenvalue weighted by molar-refractivity contribution is 6.46. The minimum absolute atomic E-state index is 0.255. The SMILES string of the molecule is CCCCCCOc1ccc(C(=O)/C(=C(\C(=O)c2ccc(OCCCCCC)cc2)c2ccc(OCCCCCC)cc2)c2ccc(OCCCCCC)cc2)cc1. The number of unbranched alkanes of at least 4 members (excludes halogenated alkanes) is 12. The van der Waals surface area contributed by atoms with Crippen LogP contribution in [0.2, 0.25) is 0 Å². The molecule has 0 saturated carbocycles. The van der Waals surface area contributed by atoms with E-state index in [4.69, 9.17) is 18.9 Å². The first kappa shape index (κ1) is 45.9. The lowest BCUT2D eigenvalue weighted by Crippen LogP contribution is -2.12. The fourth-order valence-corrected chi connectivity index (χ4v) is 6.78. The second kappa shape index (κ2) is 27.0. The van der Waals surface area contributed by atoms with Crippen molar-refractivity contribution in [2.24, 2.45) is 0 Å². The lowest BCUT2D eigenvalue weighted by molar-refractivity contribution is 0.103. The number of rotatable bonds is 30. The zero-order chi connectivity index (χ0) is 41.2. The summed E-state index contributed by atoms with van der Waals surface area (Å²) in [5.41, 5.74) is 2.83. The average molecular weight is 789 g/mol. The highest BCUT2D eigenvalue weighted by atomic mass is 16.5. The largest absolute Gasteiger partial charge is 0.494 e. The number of Topliss-reactive ketones (excluding diaryl/α,β-unsaturated/α-hetero) is 2. The number of carbonyl (C=O) groups is 2. The van der Waals surface area contributed by atoms with Gasteiger partial charge < -0.3 is 18.9 Å². The van der Waals surface area contributed by atoms with Crippen molar-refractivity contribution in [3.05, 3.63) is 119 Å². The molecule has 0 aliphatic carbocycles. The van der Waals surface area contributed by atoms with Crippen LogP contribution in [-0.2, 0) is 0 Å². The van der Waals surface area contributed by atoms with Gasteiger partial charge in [-0.2, -0.15) is 0 Å². The zero-order valence-electron chi connectivity index (χ0n) is 35.8. The minimum Gasteiger partial charge on any atom is -0.494 e. The molecule has 312 valence electrons. The van der Waals surface area contributed by atoms with Gasteiger partial charge in [-0.15, -0.1) is 0 Å². The van der Waals surface area contributed by atoms with Crippen LogP contribution >= 0.6 is 0 Å². The quantitative estimate of drug-likeness (QED) is 0.0227. The molecule has 4 rings (SSSR count). The van der Waals surface area contributed by atoms with E-state index in [1.807, 2.05) is 72.8 Å². The van der Waals surface area contributed by atoms with Crippen LogP contribution in [0.5, 0.6) is 23.0 Å². The first-order chi connectivity index (χ1) is 28.5. The van der Waals surface area contributed by atoms with Crippen LogP contribution < -0.4 is 18.9 Å². The third-order valence-corrected chi connectivity index (χ3v) is 10.3. The van der Waals surface area contributed by atoms with Gasteiger partial charge in [0.1, 0.15) is 23.0 Å². The molecule has 6 nitrogen and oxygen atoms in total. The summed E-state index contributed by atoms with van der Waals surface area (Å²) in [6, 6.07) is 29.7. The molecule has 6 heteroatoms. The summed E-state index contributed by atoms with van der Waals surface area (Å²) in [6.07, 6.45) is 17.8. The molecule has 0 unspecified atom stereocenters. The Morgan fingerprint density at radius 1 is 0.310 bits per heavy atom. The maximum Gasteiger partial charge on any atom is 0.194 e. The van der Waals surface area contributed by atoms with Crippen molar-refractivity contribution in [1.29, 1.82) is 0 Å². The average Bonchev–Trinajstić information content (AvgIpc) is 3.26. The summed E-state index contributed by atoms with van der Waals surface area (Å²) in [6.45, 7) is 11.3. The molecule has 0 aromatic heterocycles. The van der Waals surface area contributed by atoms with E-state index in [0.717, 1.165) is 62.9 Å². The molecule has 0 radical (unpaired) electrons. The smallest absolute Gasteiger partial charge is 0.194 e. The third-order valence-electron chi connectivity index (χ3n) is 10.3. The maximum absolute atomic E-state index is 14.9. The normalized spacial score (nSPS) is 11.5. The number of ketones is 2. The molecule has 0 aliphatic rings. The van der Waals surface area contributed by atoms with Gasteiger partial charge in [0, 0.05) is 22.3 Å². The molecule has 0 heterocycles.